The summed E-state index contributed by atoms with van der Waals surface area (Å²) in [5.41, 5.74) is 0.492. The van der Waals surface area contributed by atoms with Gasteiger partial charge in [-0.15, -0.1) is 12.4 Å². The Kier molecular flexibility index (Phi) is 5.96. The predicted octanol–water partition coefficient (Wildman–Crippen LogP) is 1.15. The molecule has 1 aromatic heterocycles. The number of nitrogens with zero attached hydrogens (tertiary/aromatic N) is 2. The van der Waals surface area contributed by atoms with Gasteiger partial charge in [0.1, 0.15) is 0 Å². The highest BCUT2D eigenvalue weighted by Crippen LogP contribution is 2.14. The Morgan fingerprint density at radius 3 is 2.79 bits per heavy atom. The van der Waals surface area contributed by atoms with Crippen molar-refractivity contribution in [1.29, 1.82) is 0 Å². The van der Waals surface area contributed by atoms with Gasteiger partial charge < -0.3 is 10.6 Å². The topological polar surface area (TPSA) is 76.0 Å². The second-order valence-corrected chi connectivity index (χ2v) is 6.16. The van der Waals surface area contributed by atoms with Crippen molar-refractivity contribution in [3.05, 3.63) is 40.3 Å². The molecule has 0 saturated carbocycles. The van der Waals surface area contributed by atoms with E-state index in [-0.39, 0.29) is 42.4 Å². The number of hydrogen-bond acceptors (Lipinski definition) is 4. The number of amides is 1. The van der Waals surface area contributed by atoms with E-state index in [1.807, 2.05) is 18.2 Å². The van der Waals surface area contributed by atoms with Crippen molar-refractivity contribution in [3.8, 4) is 0 Å². The highest BCUT2D eigenvalue weighted by Gasteiger charge is 2.23. The van der Waals surface area contributed by atoms with Gasteiger partial charge in [0.15, 0.2) is 0 Å². The fourth-order valence-electron chi connectivity index (χ4n) is 3.16. The Labute approximate surface area is 147 Å². The predicted molar refractivity (Wildman–Crippen MR) is 96.6 cm³/mol. The van der Waals surface area contributed by atoms with Crippen LogP contribution in [0, 0.1) is 0 Å². The van der Waals surface area contributed by atoms with Gasteiger partial charge in [0.2, 0.25) is 5.91 Å². The lowest BCUT2D eigenvalue weighted by Gasteiger charge is -2.30. The molecule has 7 heteroatoms. The lowest BCUT2D eigenvalue weighted by molar-refractivity contribution is -0.121. The van der Waals surface area contributed by atoms with E-state index in [0.717, 1.165) is 24.8 Å². The number of fused-ring (bicyclic) bond motifs is 1. The van der Waals surface area contributed by atoms with Crippen molar-refractivity contribution < 1.29 is 4.79 Å². The fraction of sp³-hybridized carbons (Fsp3) is 0.471. The summed E-state index contributed by atoms with van der Waals surface area (Å²) in [6.45, 7) is 3.09. The van der Waals surface area contributed by atoms with E-state index in [4.69, 9.17) is 0 Å². The molecule has 1 aliphatic rings. The highest BCUT2D eigenvalue weighted by atomic mass is 35.5. The first-order valence-electron chi connectivity index (χ1n) is 8.04. The Morgan fingerprint density at radius 2 is 2.08 bits per heavy atom. The normalized spacial score (nSPS) is 20.4. The lowest BCUT2D eigenvalue weighted by atomic mass is 9.99. The van der Waals surface area contributed by atoms with Gasteiger partial charge in [-0.25, -0.2) is 4.68 Å². The molecule has 1 saturated heterocycles. The number of aryl methyl sites for hydroxylation is 1. The number of nitrogens with one attached hydrogen (secondary N) is 2. The Bertz CT molecular complexity index is 790. The van der Waals surface area contributed by atoms with Crippen molar-refractivity contribution in [2.45, 2.75) is 38.3 Å². The first-order valence-corrected chi connectivity index (χ1v) is 8.04. The summed E-state index contributed by atoms with van der Waals surface area (Å²) in [4.78, 5) is 24.5. The van der Waals surface area contributed by atoms with Gasteiger partial charge in [0, 0.05) is 24.5 Å². The van der Waals surface area contributed by atoms with Crippen LogP contribution in [0.3, 0.4) is 0 Å². The first-order chi connectivity index (χ1) is 11.1. The molecule has 24 heavy (non-hydrogen) atoms. The number of carbonyl (C=O) groups excluding carboxylic acids is 1. The number of hydrogen-bond donors (Lipinski definition) is 2. The Hall–Kier alpha value is -1.92. The van der Waals surface area contributed by atoms with E-state index in [1.54, 1.807) is 13.1 Å². The van der Waals surface area contributed by atoms with Crippen LogP contribution in [0.25, 0.3) is 10.8 Å². The van der Waals surface area contributed by atoms with Crippen molar-refractivity contribution in [2.24, 2.45) is 7.05 Å². The molecule has 2 atom stereocenters. The summed E-state index contributed by atoms with van der Waals surface area (Å²) in [6.07, 6.45) is 2.23. The third-order valence-corrected chi connectivity index (χ3v) is 4.47. The van der Waals surface area contributed by atoms with Gasteiger partial charge in [-0.1, -0.05) is 18.2 Å². The zero-order valence-corrected chi connectivity index (χ0v) is 14.7. The van der Waals surface area contributed by atoms with E-state index in [2.05, 4.69) is 22.7 Å². The van der Waals surface area contributed by atoms with Crippen LogP contribution in [0.4, 0.5) is 0 Å². The second kappa shape index (κ2) is 7.77. The number of aromatic nitrogens is 2. The molecular formula is C17H23ClN4O2. The molecule has 2 unspecified atom stereocenters. The Balaban J connectivity index is 0.00000208. The quantitative estimate of drug-likeness (QED) is 0.870. The fourth-order valence-corrected chi connectivity index (χ4v) is 3.16. The first kappa shape index (κ1) is 18.4. The number of halogens is 1. The molecule has 0 bridgehead atoms. The summed E-state index contributed by atoms with van der Waals surface area (Å²) >= 11 is 0. The highest BCUT2D eigenvalue weighted by molar-refractivity contribution is 5.88. The maximum atomic E-state index is 12.4. The van der Waals surface area contributed by atoms with Crippen molar-refractivity contribution in [2.75, 3.05) is 6.54 Å². The lowest BCUT2D eigenvalue weighted by Crippen LogP contribution is -2.52. The van der Waals surface area contributed by atoms with E-state index in [9.17, 15) is 9.59 Å². The average molecular weight is 351 g/mol. The summed E-state index contributed by atoms with van der Waals surface area (Å²) in [5.74, 6) is -0.0538. The van der Waals surface area contributed by atoms with E-state index >= 15 is 0 Å². The van der Waals surface area contributed by atoms with Gasteiger partial charge in [0.05, 0.1) is 17.5 Å². The van der Waals surface area contributed by atoms with Crippen LogP contribution < -0.4 is 16.2 Å². The van der Waals surface area contributed by atoms with Crippen LogP contribution in [-0.4, -0.2) is 34.3 Å². The zero-order chi connectivity index (χ0) is 16.4. The van der Waals surface area contributed by atoms with Gasteiger partial charge in [0.25, 0.3) is 5.56 Å². The minimum atomic E-state index is -0.144. The summed E-state index contributed by atoms with van der Waals surface area (Å²) in [6, 6.07) is 7.72. The molecule has 6 nitrogen and oxygen atoms in total. The molecule has 1 aliphatic heterocycles. The summed E-state index contributed by atoms with van der Waals surface area (Å²) in [5, 5.41) is 12.1. The van der Waals surface area contributed by atoms with Gasteiger partial charge in [-0.05, 0) is 32.4 Å². The third-order valence-electron chi connectivity index (χ3n) is 4.47. The van der Waals surface area contributed by atoms with E-state index < -0.39 is 0 Å². The Morgan fingerprint density at radius 1 is 1.38 bits per heavy atom. The SMILES string of the molecule is CC1NCCCC1NC(=O)Cc1nn(C)c(=O)c2ccccc12.Cl. The monoisotopic (exact) mass is 350 g/mol. The molecule has 1 amide bonds. The minimum Gasteiger partial charge on any atom is -0.351 e. The van der Waals surface area contributed by atoms with E-state index in [1.165, 1.54) is 4.68 Å². The number of piperidine rings is 1. The van der Waals surface area contributed by atoms with Crippen LogP contribution in [-0.2, 0) is 18.3 Å². The largest absolute Gasteiger partial charge is 0.351 e. The van der Waals surface area contributed by atoms with E-state index in [0.29, 0.717) is 11.1 Å². The van der Waals surface area contributed by atoms with Crippen molar-refractivity contribution in [1.82, 2.24) is 20.4 Å². The maximum Gasteiger partial charge on any atom is 0.274 e. The number of benzene rings is 1. The standard InChI is InChI=1S/C17H22N4O2.ClH/c1-11-14(8-5-9-18-11)19-16(22)10-15-12-6-3-4-7-13(12)17(23)21(2)20-15;/h3-4,6-7,11,14,18H,5,8-10H2,1-2H3,(H,19,22);1H. The molecule has 130 valence electrons. The van der Waals surface area contributed by atoms with Crippen molar-refractivity contribution in [3.63, 3.8) is 0 Å². The molecule has 3 rings (SSSR count). The molecule has 2 heterocycles. The smallest absolute Gasteiger partial charge is 0.274 e. The van der Waals surface area contributed by atoms with Crippen LogP contribution in [0.2, 0.25) is 0 Å². The van der Waals surface area contributed by atoms with Crippen molar-refractivity contribution >= 4 is 29.1 Å². The maximum absolute atomic E-state index is 12.4. The number of carbonyl (C=O) groups is 1. The van der Waals surface area contributed by atoms with Gasteiger partial charge in [-0.3, -0.25) is 9.59 Å². The van der Waals surface area contributed by atoms with Crippen LogP contribution in [0.15, 0.2) is 29.1 Å². The molecule has 1 aromatic carbocycles. The molecule has 0 aliphatic carbocycles. The summed E-state index contributed by atoms with van der Waals surface area (Å²) in [7, 11) is 1.61. The molecule has 0 spiro atoms. The third kappa shape index (κ3) is 3.76. The van der Waals surface area contributed by atoms with Crippen LogP contribution >= 0.6 is 12.4 Å². The molecular weight excluding hydrogens is 328 g/mol. The minimum absolute atomic E-state index is 0. The van der Waals surface area contributed by atoms with Gasteiger partial charge in [-0.2, -0.15) is 5.10 Å². The average Bonchev–Trinajstić information content (AvgIpc) is 2.54. The molecule has 1 fully saturated rings. The summed E-state index contributed by atoms with van der Waals surface area (Å²) < 4.78 is 1.30. The van der Waals surface area contributed by atoms with Gasteiger partial charge >= 0.3 is 0 Å². The van der Waals surface area contributed by atoms with Crippen LogP contribution in [0.5, 0.6) is 0 Å². The van der Waals surface area contributed by atoms with Crippen LogP contribution in [0.1, 0.15) is 25.5 Å². The molecule has 2 N–H and O–H groups in total. The zero-order valence-electron chi connectivity index (χ0n) is 13.9. The molecule has 0 radical (unpaired) electrons. The second-order valence-electron chi connectivity index (χ2n) is 6.16. The molecule has 2 aromatic rings. The number of rotatable bonds is 3.